The third-order valence-electron chi connectivity index (χ3n) is 4.36. The first-order valence-corrected chi connectivity index (χ1v) is 11.2. The second-order valence-electron chi connectivity index (χ2n) is 7.13. The summed E-state index contributed by atoms with van der Waals surface area (Å²) in [7, 11) is 3.04. The van der Waals surface area contributed by atoms with Gasteiger partial charge in [-0.25, -0.2) is 9.59 Å². The Balaban J connectivity index is 2.40. The highest BCUT2D eigenvalue weighted by Crippen LogP contribution is 2.14. The average molecular weight is 507 g/mol. The number of nitrogens with one attached hydrogen (secondary N) is 1. The number of esters is 1. The smallest absolute Gasteiger partial charge is 0.407 e. The van der Waals surface area contributed by atoms with Crippen LogP contribution < -0.4 is 5.32 Å². The van der Waals surface area contributed by atoms with Gasteiger partial charge in [0.15, 0.2) is 6.29 Å². The van der Waals surface area contributed by atoms with Crippen molar-refractivity contribution in [1.82, 2.24) is 10.4 Å². The lowest BCUT2D eigenvalue weighted by atomic mass is 10.3. The van der Waals surface area contributed by atoms with E-state index in [0.29, 0.717) is 24.7 Å². The first kappa shape index (κ1) is 30.2. The van der Waals surface area contributed by atoms with Crippen LogP contribution in [0.1, 0.15) is 38.5 Å². The molecule has 200 valence electrons. The molecular weight excluding hydrogens is 472 g/mol. The fourth-order valence-corrected chi connectivity index (χ4v) is 2.64. The van der Waals surface area contributed by atoms with Crippen molar-refractivity contribution in [1.29, 1.82) is 0 Å². The summed E-state index contributed by atoms with van der Waals surface area (Å²) in [5.41, 5.74) is 0. The third-order valence-corrected chi connectivity index (χ3v) is 4.36. The SMILES string of the molecule is COCCCC(=O)OCCOC(CCC(=O)ON1C(=O)CCC1=O)OCCOC(=O)NCCOC. The maximum Gasteiger partial charge on any atom is 0.407 e. The number of amides is 3. The molecule has 0 aromatic heterocycles. The molecule has 0 spiro atoms. The van der Waals surface area contributed by atoms with Gasteiger partial charge in [0.05, 0.1) is 26.2 Å². The number of ether oxygens (including phenoxy) is 6. The number of carbonyl (C=O) groups is 5. The van der Waals surface area contributed by atoms with Gasteiger partial charge >= 0.3 is 18.0 Å². The number of hydroxylamine groups is 2. The molecule has 35 heavy (non-hydrogen) atoms. The van der Waals surface area contributed by atoms with E-state index in [4.69, 9.17) is 33.3 Å². The van der Waals surface area contributed by atoms with Gasteiger partial charge in [0.25, 0.3) is 11.8 Å². The lowest BCUT2D eigenvalue weighted by Gasteiger charge is -2.19. The summed E-state index contributed by atoms with van der Waals surface area (Å²) in [5, 5.41) is 2.93. The van der Waals surface area contributed by atoms with Gasteiger partial charge in [-0.05, 0) is 6.42 Å². The fourth-order valence-electron chi connectivity index (χ4n) is 2.64. The molecule has 0 aromatic carbocycles. The van der Waals surface area contributed by atoms with E-state index in [0.717, 1.165) is 0 Å². The minimum absolute atomic E-state index is 0.00973. The molecule has 1 atom stereocenters. The Hall–Kier alpha value is -2.81. The molecule has 1 aliphatic heterocycles. The molecule has 1 fully saturated rings. The summed E-state index contributed by atoms with van der Waals surface area (Å²) in [6, 6.07) is 0. The van der Waals surface area contributed by atoms with E-state index >= 15 is 0 Å². The van der Waals surface area contributed by atoms with Crippen molar-refractivity contribution in [3.63, 3.8) is 0 Å². The fraction of sp³-hybridized carbons (Fsp3) is 0.762. The van der Waals surface area contributed by atoms with E-state index in [9.17, 15) is 24.0 Å². The Kier molecular flexibility index (Phi) is 16.0. The summed E-state index contributed by atoms with van der Waals surface area (Å²) in [4.78, 5) is 63.1. The van der Waals surface area contributed by atoms with Crippen LogP contribution >= 0.6 is 0 Å². The van der Waals surface area contributed by atoms with Crippen LogP contribution in [0.2, 0.25) is 0 Å². The van der Waals surface area contributed by atoms with Crippen LogP contribution in [0.25, 0.3) is 0 Å². The van der Waals surface area contributed by atoms with E-state index < -0.39 is 36.1 Å². The maximum atomic E-state index is 12.0. The maximum absolute atomic E-state index is 12.0. The number of rotatable bonds is 19. The van der Waals surface area contributed by atoms with Crippen molar-refractivity contribution < 1.29 is 57.2 Å². The molecule has 3 amide bonds. The summed E-state index contributed by atoms with van der Waals surface area (Å²) in [6.07, 6.45) is -1.07. The van der Waals surface area contributed by atoms with E-state index in [1.807, 2.05) is 0 Å². The topological polar surface area (TPSA) is 165 Å². The van der Waals surface area contributed by atoms with Gasteiger partial charge in [-0.15, -0.1) is 5.06 Å². The Morgan fingerprint density at radius 3 is 2.09 bits per heavy atom. The standard InChI is InChI=1S/C21H34N2O12/c1-29-10-3-4-18(26)31-12-13-32-20(33-14-15-34-21(28)22-9-11-30-2)8-7-19(27)35-23-16(24)5-6-17(23)25/h20H,3-15H2,1-2H3,(H,22,28). The van der Waals surface area contributed by atoms with E-state index in [-0.39, 0.29) is 65.1 Å². The predicted molar refractivity (Wildman–Crippen MR) is 115 cm³/mol. The Labute approximate surface area is 203 Å². The molecule has 14 nitrogen and oxygen atoms in total. The Bertz CT molecular complexity index is 641. The van der Waals surface area contributed by atoms with Gasteiger partial charge in [-0.1, -0.05) is 0 Å². The number of nitrogens with zero attached hydrogens (tertiary/aromatic N) is 1. The van der Waals surface area contributed by atoms with Gasteiger partial charge in [0.1, 0.15) is 13.2 Å². The number of imide groups is 1. The largest absolute Gasteiger partial charge is 0.463 e. The van der Waals surface area contributed by atoms with Crippen LogP contribution in [0.5, 0.6) is 0 Å². The lowest BCUT2D eigenvalue weighted by molar-refractivity contribution is -0.200. The molecule has 1 aliphatic rings. The predicted octanol–water partition coefficient (Wildman–Crippen LogP) is 0.0755. The highest BCUT2D eigenvalue weighted by Gasteiger charge is 2.32. The van der Waals surface area contributed by atoms with Crippen molar-refractivity contribution in [2.75, 3.05) is 60.4 Å². The zero-order valence-electron chi connectivity index (χ0n) is 20.1. The van der Waals surface area contributed by atoms with Crippen LogP contribution in [-0.4, -0.2) is 102 Å². The minimum atomic E-state index is -0.931. The van der Waals surface area contributed by atoms with Crippen LogP contribution in [0.4, 0.5) is 4.79 Å². The van der Waals surface area contributed by atoms with Crippen molar-refractivity contribution in [2.45, 2.75) is 44.8 Å². The minimum Gasteiger partial charge on any atom is -0.463 e. The lowest BCUT2D eigenvalue weighted by Crippen LogP contribution is -2.32. The third kappa shape index (κ3) is 14.2. The van der Waals surface area contributed by atoms with Crippen LogP contribution in [-0.2, 0) is 52.4 Å². The van der Waals surface area contributed by atoms with E-state index in [1.54, 1.807) is 0 Å². The molecule has 1 unspecified atom stereocenters. The zero-order chi connectivity index (χ0) is 25.9. The van der Waals surface area contributed by atoms with Gasteiger partial charge in [-0.3, -0.25) is 14.4 Å². The van der Waals surface area contributed by atoms with Crippen LogP contribution in [0.15, 0.2) is 0 Å². The summed E-state index contributed by atoms with van der Waals surface area (Å²) >= 11 is 0. The van der Waals surface area contributed by atoms with Gasteiger partial charge in [0, 0.05) is 53.1 Å². The molecule has 14 heteroatoms. The summed E-state index contributed by atoms with van der Waals surface area (Å²) in [6.45, 7) is 0.881. The van der Waals surface area contributed by atoms with Crippen molar-refractivity contribution >= 4 is 29.8 Å². The van der Waals surface area contributed by atoms with Crippen molar-refractivity contribution in [3.8, 4) is 0 Å². The van der Waals surface area contributed by atoms with Crippen LogP contribution in [0, 0.1) is 0 Å². The Morgan fingerprint density at radius 2 is 1.46 bits per heavy atom. The first-order valence-electron chi connectivity index (χ1n) is 11.2. The zero-order valence-corrected chi connectivity index (χ0v) is 20.1. The molecule has 0 aliphatic carbocycles. The van der Waals surface area contributed by atoms with Crippen LogP contribution in [0.3, 0.4) is 0 Å². The first-order chi connectivity index (χ1) is 16.9. The number of alkyl carbamates (subject to hydrolysis) is 1. The number of carbonyl (C=O) groups excluding carboxylic acids is 5. The highest BCUT2D eigenvalue weighted by atomic mass is 16.7. The van der Waals surface area contributed by atoms with E-state index in [2.05, 4.69) is 5.32 Å². The summed E-state index contributed by atoms with van der Waals surface area (Å²) in [5.74, 6) is -2.38. The molecule has 1 heterocycles. The highest BCUT2D eigenvalue weighted by molar-refractivity contribution is 6.01. The second-order valence-corrected chi connectivity index (χ2v) is 7.13. The number of methoxy groups -OCH3 is 2. The van der Waals surface area contributed by atoms with Crippen molar-refractivity contribution in [3.05, 3.63) is 0 Å². The molecule has 1 saturated heterocycles. The molecule has 0 bridgehead atoms. The van der Waals surface area contributed by atoms with Crippen molar-refractivity contribution in [2.24, 2.45) is 0 Å². The quantitative estimate of drug-likeness (QED) is 0.109. The molecule has 1 N–H and O–H groups in total. The van der Waals surface area contributed by atoms with E-state index in [1.165, 1.54) is 14.2 Å². The molecule has 0 radical (unpaired) electrons. The number of hydrogen-bond donors (Lipinski definition) is 1. The van der Waals surface area contributed by atoms with Gasteiger partial charge < -0.3 is 38.6 Å². The van der Waals surface area contributed by atoms with Gasteiger partial charge in [0.2, 0.25) is 0 Å². The van der Waals surface area contributed by atoms with Gasteiger partial charge in [-0.2, -0.15) is 0 Å². The second kappa shape index (κ2) is 18.5. The summed E-state index contributed by atoms with van der Waals surface area (Å²) < 4.78 is 30.7. The number of hydrogen-bond acceptors (Lipinski definition) is 12. The Morgan fingerprint density at radius 1 is 0.829 bits per heavy atom. The molecule has 0 saturated carbocycles. The molecule has 1 rings (SSSR count). The molecular formula is C21H34N2O12. The average Bonchev–Trinajstić information content (AvgIpc) is 3.14. The monoisotopic (exact) mass is 506 g/mol. The molecule has 0 aromatic rings. The normalized spacial score (nSPS) is 14.1.